The van der Waals surface area contributed by atoms with E-state index in [9.17, 15) is 0 Å². The molecule has 1 aromatic rings. The van der Waals surface area contributed by atoms with Crippen LogP contribution in [0.1, 0.15) is 31.1 Å². The van der Waals surface area contributed by atoms with E-state index < -0.39 is 5.79 Å². The molecule has 0 aromatic heterocycles. The van der Waals surface area contributed by atoms with Gasteiger partial charge in [0.1, 0.15) is 6.10 Å². The number of hydrogen-bond acceptors (Lipinski definition) is 4. The molecule has 21 heavy (non-hydrogen) atoms. The molecule has 0 amide bonds. The van der Waals surface area contributed by atoms with Crippen molar-refractivity contribution >= 4 is 0 Å². The predicted octanol–water partition coefficient (Wildman–Crippen LogP) is 1.96. The fourth-order valence-corrected chi connectivity index (χ4v) is 2.97. The van der Waals surface area contributed by atoms with Gasteiger partial charge in [0, 0.05) is 32.7 Å². The van der Waals surface area contributed by atoms with Crippen molar-refractivity contribution in [1.82, 2.24) is 10.2 Å². The summed E-state index contributed by atoms with van der Waals surface area (Å²) in [6.45, 7) is 10.3. The van der Waals surface area contributed by atoms with Crippen molar-refractivity contribution < 1.29 is 9.47 Å². The average molecular weight is 290 g/mol. The summed E-state index contributed by atoms with van der Waals surface area (Å²) in [5, 5.41) is 3.39. The molecule has 4 heteroatoms. The van der Waals surface area contributed by atoms with Gasteiger partial charge in [-0.1, -0.05) is 24.3 Å². The molecule has 1 unspecified atom stereocenters. The lowest BCUT2D eigenvalue weighted by Crippen LogP contribution is -2.44. The molecule has 2 aliphatic rings. The highest BCUT2D eigenvalue weighted by molar-refractivity contribution is 5.25. The van der Waals surface area contributed by atoms with E-state index in [0.717, 1.165) is 26.1 Å². The molecule has 4 nitrogen and oxygen atoms in total. The van der Waals surface area contributed by atoms with Crippen LogP contribution in [-0.2, 0) is 15.9 Å². The molecule has 1 atom stereocenters. The summed E-state index contributed by atoms with van der Waals surface area (Å²) < 4.78 is 11.5. The van der Waals surface area contributed by atoms with Crippen LogP contribution in [-0.4, -0.2) is 50.0 Å². The Bertz CT molecular complexity index is 452. The Hall–Kier alpha value is -0.940. The van der Waals surface area contributed by atoms with E-state index in [1.54, 1.807) is 0 Å². The van der Waals surface area contributed by atoms with Gasteiger partial charge < -0.3 is 19.7 Å². The molecule has 0 bridgehead atoms. The van der Waals surface area contributed by atoms with E-state index in [1.807, 2.05) is 13.8 Å². The van der Waals surface area contributed by atoms with Crippen molar-refractivity contribution in [3.05, 3.63) is 35.4 Å². The zero-order valence-electron chi connectivity index (χ0n) is 13.1. The second kappa shape index (κ2) is 6.44. The summed E-state index contributed by atoms with van der Waals surface area (Å²) in [6, 6.07) is 8.82. The van der Waals surface area contributed by atoms with Gasteiger partial charge in [0.2, 0.25) is 0 Å². The largest absolute Gasteiger partial charge is 0.347 e. The van der Waals surface area contributed by atoms with Crippen LogP contribution in [0.4, 0.5) is 0 Å². The molecule has 3 rings (SSSR count). The first-order valence-corrected chi connectivity index (χ1v) is 7.96. The fraction of sp³-hybridized carbons (Fsp3) is 0.647. The second-order valence-corrected chi connectivity index (χ2v) is 6.40. The molecule has 2 heterocycles. The Labute approximate surface area is 127 Å². The Balaban J connectivity index is 1.52. The van der Waals surface area contributed by atoms with Crippen molar-refractivity contribution in [1.29, 1.82) is 0 Å². The van der Waals surface area contributed by atoms with Crippen LogP contribution < -0.4 is 5.32 Å². The van der Waals surface area contributed by atoms with E-state index in [-0.39, 0.29) is 6.10 Å². The summed E-state index contributed by atoms with van der Waals surface area (Å²) in [5.74, 6) is -0.453. The Morgan fingerprint density at radius 2 is 1.90 bits per heavy atom. The third-order valence-corrected chi connectivity index (χ3v) is 4.29. The molecular formula is C17H26N2O2. The van der Waals surface area contributed by atoms with Crippen molar-refractivity contribution in [2.75, 3.05) is 39.3 Å². The van der Waals surface area contributed by atoms with E-state index in [2.05, 4.69) is 34.5 Å². The van der Waals surface area contributed by atoms with E-state index in [4.69, 9.17) is 9.47 Å². The van der Waals surface area contributed by atoms with Gasteiger partial charge in [-0.15, -0.1) is 0 Å². The molecular weight excluding hydrogens is 264 g/mol. The fourth-order valence-electron chi connectivity index (χ4n) is 2.97. The molecule has 1 N–H and O–H groups in total. The lowest BCUT2D eigenvalue weighted by molar-refractivity contribution is -0.139. The molecule has 1 aromatic carbocycles. The summed E-state index contributed by atoms with van der Waals surface area (Å²) in [5.41, 5.74) is 2.61. The van der Waals surface area contributed by atoms with Gasteiger partial charge in [0.05, 0.1) is 6.61 Å². The molecule has 0 spiro atoms. The molecule has 116 valence electrons. The maximum Gasteiger partial charge on any atom is 0.163 e. The highest BCUT2D eigenvalue weighted by Gasteiger charge is 2.33. The summed E-state index contributed by atoms with van der Waals surface area (Å²) in [7, 11) is 0. The minimum atomic E-state index is -0.453. The lowest BCUT2D eigenvalue weighted by Gasteiger charge is -2.27. The highest BCUT2D eigenvalue weighted by Crippen LogP contribution is 2.32. The van der Waals surface area contributed by atoms with Crippen molar-refractivity contribution in [3.63, 3.8) is 0 Å². The van der Waals surface area contributed by atoms with Gasteiger partial charge in [0.25, 0.3) is 0 Å². The maximum absolute atomic E-state index is 5.89. The smallest absolute Gasteiger partial charge is 0.163 e. The van der Waals surface area contributed by atoms with Crippen LogP contribution in [0.25, 0.3) is 0 Å². The number of benzene rings is 1. The van der Waals surface area contributed by atoms with Gasteiger partial charge in [0.15, 0.2) is 5.79 Å². The van der Waals surface area contributed by atoms with Crippen molar-refractivity contribution in [2.45, 2.75) is 32.2 Å². The Morgan fingerprint density at radius 1 is 1.19 bits per heavy atom. The van der Waals surface area contributed by atoms with Gasteiger partial charge in [-0.25, -0.2) is 0 Å². The highest BCUT2D eigenvalue weighted by atomic mass is 16.7. The van der Waals surface area contributed by atoms with Gasteiger partial charge in [-0.2, -0.15) is 0 Å². The number of rotatable bonds is 4. The Kier molecular flexibility index (Phi) is 4.60. The standard InChI is InChI=1S/C17H26N2O2/c1-17(2)20-13-16(21-17)15-5-3-14(4-6-15)7-10-19-11-8-18-9-12-19/h3-6,16,18H,7-13H2,1-2H3. The van der Waals surface area contributed by atoms with E-state index >= 15 is 0 Å². The quantitative estimate of drug-likeness (QED) is 0.919. The number of nitrogens with one attached hydrogen (secondary N) is 1. The Morgan fingerprint density at radius 3 is 2.52 bits per heavy atom. The average Bonchev–Trinajstić information content (AvgIpc) is 2.87. The monoisotopic (exact) mass is 290 g/mol. The van der Waals surface area contributed by atoms with Crippen LogP contribution in [0.5, 0.6) is 0 Å². The van der Waals surface area contributed by atoms with Gasteiger partial charge in [-0.3, -0.25) is 0 Å². The van der Waals surface area contributed by atoms with Crippen LogP contribution in [0.3, 0.4) is 0 Å². The molecule has 0 aliphatic carbocycles. The van der Waals surface area contributed by atoms with Crippen LogP contribution in [0.2, 0.25) is 0 Å². The minimum absolute atomic E-state index is 0.0715. The number of ether oxygens (including phenoxy) is 2. The number of nitrogens with zero attached hydrogens (tertiary/aromatic N) is 1. The maximum atomic E-state index is 5.89. The SMILES string of the molecule is CC1(C)OCC(c2ccc(CCN3CCNCC3)cc2)O1. The first-order valence-electron chi connectivity index (χ1n) is 7.96. The van der Waals surface area contributed by atoms with Gasteiger partial charge >= 0.3 is 0 Å². The number of hydrogen-bond donors (Lipinski definition) is 1. The minimum Gasteiger partial charge on any atom is -0.347 e. The van der Waals surface area contributed by atoms with Gasteiger partial charge in [-0.05, 0) is 31.4 Å². The van der Waals surface area contributed by atoms with Crippen LogP contribution in [0.15, 0.2) is 24.3 Å². The molecule has 2 saturated heterocycles. The first kappa shape index (κ1) is 15.0. The number of piperazine rings is 1. The second-order valence-electron chi connectivity index (χ2n) is 6.40. The lowest BCUT2D eigenvalue weighted by atomic mass is 10.1. The zero-order chi connectivity index (χ0) is 14.7. The van der Waals surface area contributed by atoms with Crippen molar-refractivity contribution in [2.24, 2.45) is 0 Å². The first-order chi connectivity index (χ1) is 10.1. The van der Waals surface area contributed by atoms with Crippen molar-refractivity contribution in [3.8, 4) is 0 Å². The molecule has 2 fully saturated rings. The third-order valence-electron chi connectivity index (χ3n) is 4.29. The normalized spacial score (nSPS) is 26.1. The molecule has 2 aliphatic heterocycles. The zero-order valence-corrected chi connectivity index (χ0v) is 13.1. The van der Waals surface area contributed by atoms with Crippen LogP contribution in [0, 0.1) is 0 Å². The summed E-state index contributed by atoms with van der Waals surface area (Å²) in [4.78, 5) is 2.53. The van der Waals surface area contributed by atoms with E-state index in [0.29, 0.717) is 6.61 Å². The molecule has 0 radical (unpaired) electrons. The molecule has 0 saturated carbocycles. The summed E-state index contributed by atoms with van der Waals surface area (Å²) >= 11 is 0. The summed E-state index contributed by atoms with van der Waals surface area (Å²) in [6.07, 6.45) is 1.19. The van der Waals surface area contributed by atoms with E-state index in [1.165, 1.54) is 24.2 Å². The van der Waals surface area contributed by atoms with Crippen LogP contribution >= 0.6 is 0 Å². The predicted molar refractivity (Wildman–Crippen MR) is 83.3 cm³/mol. The third kappa shape index (κ3) is 4.04. The topological polar surface area (TPSA) is 33.7 Å².